The average molecular weight is 532 g/mol. The highest BCUT2D eigenvalue weighted by molar-refractivity contribution is 5.91. The number of anilines is 1. The third-order valence-corrected chi connectivity index (χ3v) is 5.53. The van der Waals surface area contributed by atoms with Crippen LogP contribution in [-0.2, 0) is 17.3 Å². The molecular formula is C26H21F5N4O3. The van der Waals surface area contributed by atoms with Crippen LogP contribution in [0.3, 0.4) is 0 Å². The van der Waals surface area contributed by atoms with Gasteiger partial charge in [0.2, 0.25) is 5.88 Å². The van der Waals surface area contributed by atoms with E-state index in [9.17, 15) is 26.7 Å². The van der Waals surface area contributed by atoms with Crippen LogP contribution < -0.4 is 10.1 Å². The number of rotatable bonds is 8. The molecule has 7 nitrogen and oxygen atoms in total. The maximum Gasteiger partial charge on any atom is 0.417 e. The topological polar surface area (TPSA) is 86.2 Å². The lowest BCUT2D eigenvalue weighted by molar-refractivity contribution is -0.138. The normalized spacial score (nSPS) is 11.4. The quantitative estimate of drug-likeness (QED) is 0.212. The van der Waals surface area contributed by atoms with Crippen LogP contribution in [0.4, 0.5) is 27.8 Å². The minimum Gasteiger partial charge on any atom is -0.462 e. The van der Waals surface area contributed by atoms with Gasteiger partial charge in [-0.1, -0.05) is 12.1 Å². The molecule has 0 radical (unpaired) electrons. The highest BCUT2D eigenvalue weighted by Gasteiger charge is 2.37. The number of ether oxygens (including phenoxy) is 2. The van der Waals surface area contributed by atoms with E-state index in [1.165, 1.54) is 6.92 Å². The highest BCUT2D eigenvalue weighted by atomic mass is 19.4. The van der Waals surface area contributed by atoms with Crippen molar-refractivity contribution in [3.63, 3.8) is 0 Å². The van der Waals surface area contributed by atoms with E-state index in [2.05, 4.69) is 25.0 Å². The van der Waals surface area contributed by atoms with Gasteiger partial charge in [-0.15, -0.1) is 0 Å². The number of hydrogen-bond acceptors (Lipinski definition) is 7. The number of alkyl halides is 3. The zero-order valence-corrected chi connectivity index (χ0v) is 20.2. The van der Waals surface area contributed by atoms with E-state index in [4.69, 9.17) is 4.74 Å². The van der Waals surface area contributed by atoms with E-state index in [1.807, 2.05) is 0 Å². The van der Waals surface area contributed by atoms with Crippen molar-refractivity contribution in [1.29, 1.82) is 0 Å². The number of aryl methyl sites for hydroxylation is 1. The number of nitrogens with zero attached hydrogens (tertiary/aromatic N) is 3. The van der Waals surface area contributed by atoms with Crippen molar-refractivity contribution < 1.29 is 36.2 Å². The predicted octanol–water partition coefficient (Wildman–Crippen LogP) is 6.25. The minimum absolute atomic E-state index is 0.0490. The van der Waals surface area contributed by atoms with E-state index in [1.54, 1.807) is 25.1 Å². The Morgan fingerprint density at radius 3 is 2.50 bits per heavy atom. The number of aromatic nitrogens is 3. The van der Waals surface area contributed by atoms with E-state index in [-0.39, 0.29) is 35.0 Å². The molecule has 0 saturated heterocycles. The van der Waals surface area contributed by atoms with Gasteiger partial charge in [-0.25, -0.2) is 28.5 Å². The van der Waals surface area contributed by atoms with E-state index < -0.39 is 34.9 Å². The molecule has 38 heavy (non-hydrogen) atoms. The maximum atomic E-state index is 14.2. The number of benzene rings is 2. The molecule has 0 unspecified atom stereocenters. The summed E-state index contributed by atoms with van der Waals surface area (Å²) in [6.07, 6.45) is -2.44. The van der Waals surface area contributed by atoms with E-state index in [0.717, 1.165) is 30.2 Å². The summed E-state index contributed by atoms with van der Waals surface area (Å²) in [4.78, 5) is 23.5. The zero-order chi connectivity index (χ0) is 27.4. The third kappa shape index (κ3) is 5.79. The smallest absolute Gasteiger partial charge is 0.417 e. The number of carbonyl (C=O) groups excluding carboxylic acids is 1. The lowest BCUT2D eigenvalue weighted by atomic mass is 10.1. The highest BCUT2D eigenvalue weighted by Crippen LogP contribution is 2.35. The molecule has 198 valence electrons. The molecule has 0 aliphatic carbocycles. The van der Waals surface area contributed by atoms with Gasteiger partial charge in [0, 0.05) is 18.8 Å². The number of hydrogen-bond donors (Lipinski definition) is 1. The standard InChI is InChI=1S/C26H21F5N4O3/c1-3-37-25(36)16-12-33-21(11-17(16)26(29,30)31)38-20-7-4-15(10-14(20)2)8-9-32-24-22-18(27)5-6-19(28)23(22)34-13-35-24/h4-7,10-13H,3,8-9H2,1-2H3,(H,32,34,35). The summed E-state index contributed by atoms with van der Waals surface area (Å²) in [6.45, 7) is 3.44. The molecule has 0 spiro atoms. The van der Waals surface area contributed by atoms with Gasteiger partial charge >= 0.3 is 12.1 Å². The third-order valence-electron chi connectivity index (χ3n) is 5.53. The summed E-state index contributed by atoms with van der Waals surface area (Å²) in [5, 5.41) is 2.93. The molecule has 0 fully saturated rings. The van der Waals surface area contributed by atoms with Crippen molar-refractivity contribution in [3.8, 4) is 11.6 Å². The number of halogens is 5. The van der Waals surface area contributed by atoms with Gasteiger partial charge in [0.05, 0.1) is 23.1 Å². The Kier molecular flexibility index (Phi) is 7.70. The largest absolute Gasteiger partial charge is 0.462 e. The van der Waals surface area contributed by atoms with Gasteiger partial charge in [0.15, 0.2) is 0 Å². The van der Waals surface area contributed by atoms with Gasteiger partial charge < -0.3 is 14.8 Å². The van der Waals surface area contributed by atoms with Crippen LogP contribution in [0.1, 0.15) is 34.0 Å². The van der Waals surface area contributed by atoms with Crippen molar-refractivity contribution >= 4 is 22.7 Å². The van der Waals surface area contributed by atoms with Crippen LogP contribution in [0, 0.1) is 18.6 Å². The lowest BCUT2D eigenvalue weighted by Gasteiger charge is -2.14. The second kappa shape index (κ2) is 11.0. The van der Waals surface area contributed by atoms with Crippen LogP contribution in [0.15, 0.2) is 48.9 Å². The fourth-order valence-electron chi connectivity index (χ4n) is 3.75. The molecule has 0 aliphatic heterocycles. The second-order valence-corrected chi connectivity index (χ2v) is 8.14. The summed E-state index contributed by atoms with van der Waals surface area (Å²) < 4.78 is 79.0. The lowest BCUT2D eigenvalue weighted by Crippen LogP contribution is -2.16. The summed E-state index contributed by atoms with van der Waals surface area (Å²) >= 11 is 0. The Morgan fingerprint density at radius 2 is 1.79 bits per heavy atom. The number of esters is 1. The molecule has 0 bridgehead atoms. The Balaban J connectivity index is 1.47. The number of fused-ring (bicyclic) bond motifs is 1. The van der Waals surface area contributed by atoms with Crippen molar-refractivity contribution in [2.24, 2.45) is 0 Å². The molecule has 2 aromatic heterocycles. The number of nitrogens with one attached hydrogen (secondary N) is 1. The molecule has 1 N–H and O–H groups in total. The Morgan fingerprint density at radius 1 is 1.03 bits per heavy atom. The molecule has 0 aliphatic rings. The van der Waals surface area contributed by atoms with Crippen LogP contribution in [0.2, 0.25) is 0 Å². The predicted molar refractivity (Wildman–Crippen MR) is 128 cm³/mol. The Bertz CT molecular complexity index is 1490. The first-order valence-electron chi connectivity index (χ1n) is 11.4. The fourth-order valence-corrected chi connectivity index (χ4v) is 3.75. The van der Waals surface area contributed by atoms with Gasteiger partial charge in [0.1, 0.15) is 35.0 Å². The Labute approximate surface area is 213 Å². The van der Waals surface area contributed by atoms with E-state index >= 15 is 0 Å². The molecule has 12 heteroatoms. The molecule has 0 amide bonds. The molecule has 4 rings (SSSR count). The van der Waals surface area contributed by atoms with Crippen LogP contribution in [-0.4, -0.2) is 34.1 Å². The second-order valence-electron chi connectivity index (χ2n) is 8.14. The summed E-state index contributed by atoms with van der Waals surface area (Å²) in [5.41, 5.74) is -0.584. The first-order chi connectivity index (χ1) is 18.1. The van der Waals surface area contributed by atoms with Gasteiger partial charge in [-0.05, 0) is 49.6 Å². The molecule has 0 atom stereocenters. The number of carbonyl (C=O) groups is 1. The molecule has 4 aromatic rings. The van der Waals surface area contributed by atoms with Crippen molar-refractivity contribution in [2.45, 2.75) is 26.4 Å². The SMILES string of the molecule is CCOC(=O)c1cnc(Oc2ccc(CCNc3ncnc4c(F)ccc(F)c34)cc2C)cc1C(F)(F)F. The molecule has 0 saturated carbocycles. The van der Waals surface area contributed by atoms with Crippen molar-refractivity contribution in [1.82, 2.24) is 15.0 Å². The van der Waals surface area contributed by atoms with Crippen LogP contribution in [0.5, 0.6) is 11.6 Å². The van der Waals surface area contributed by atoms with Crippen LogP contribution >= 0.6 is 0 Å². The Hall–Kier alpha value is -4.35. The molecule has 2 aromatic carbocycles. The summed E-state index contributed by atoms with van der Waals surface area (Å²) in [6, 6.07) is 7.71. The van der Waals surface area contributed by atoms with Gasteiger partial charge in [-0.2, -0.15) is 13.2 Å². The summed E-state index contributed by atoms with van der Waals surface area (Å²) in [5.74, 6) is -2.36. The summed E-state index contributed by atoms with van der Waals surface area (Å²) in [7, 11) is 0. The molecular weight excluding hydrogens is 511 g/mol. The number of pyridine rings is 1. The zero-order valence-electron chi connectivity index (χ0n) is 20.2. The molecule has 2 heterocycles. The van der Waals surface area contributed by atoms with Gasteiger partial charge in [-0.3, -0.25) is 0 Å². The van der Waals surface area contributed by atoms with E-state index in [0.29, 0.717) is 24.6 Å². The fraction of sp³-hybridized carbons (Fsp3) is 0.231. The maximum absolute atomic E-state index is 14.2. The monoisotopic (exact) mass is 532 g/mol. The average Bonchev–Trinajstić information content (AvgIpc) is 2.87. The first-order valence-corrected chi connectivity index (χ1v) is 11.4. The van der Waals surface area contributed by atoms with Gasteiger partial charge in [0.25, 0.3) is 0 Å². The minimum atomic E-state index is -4.82. The van der Waals surface area contributed by atoms with Crippen molar-refractivity contribution in [3.05, 3.63) is 82.8 Å². The van der Waals surface area contributed by atoms with Crippen LogP contribution in [0.25, 0.3) is 10.9 Å². The van der Waals surface area contributed by atoms with Crippen molar-refractivity contribution in [2.75, 3.05) is 18.5 Å². The first kappa shape index (κ1) is 26.7.